The third-order valence-corrected chi connectivity index (χ3v) is 3.50. The zero-order valence-corrected chi connectivity index (χ0v) is 13.7. The van der Waals surface area contributed by atoms with Gasteiger partial charge >= 0.3 is 0 Å². The summed E-state index contributed by atoms with van der Waals surface area (Å²) in [5.41, 5.74) is 14.3. The molecule has 0 saturated heterocycles. The highest BCUT2D eigenvalue weighted by Crippen LogP contribution is 2.24. The molecule has 122 valence electrons. The van der Waals surface area contributed by atoms with Gasteiger partial charge in [-0.3, -0.25) is 4.79 Å². The van der Waals surface area contributed by atoms with Crippen LogP contribution in [0.3, 0.4) is 0 Å². The molecule has 2 aromatic rings. The lowest BCUT2D eigenvalue weighted by Gasteiger charge is -2.09. The number of amides is 1. The molecule has 0 aromatic heterocycles. The molecule has 1 amide bonds. The Morgan fingerprint density at radius 2 is 1.96 bits per heavy atom. The minimum absolute atomic E-state index is 0.121. The van der Waals surface area contributed by atoms with Crippen LogP contribution in [0.1, 0.15) is 5.56 Å². The van der Waals surface area contributed by atoms with Crippen LogP contribution in [-0.4, -0.2) is 5.91 Å². The van der Waals surface area contributed by atoms with Crippen molar-refractivity contribution < 1.29 is 4.79 Å². The Balaban J connectivity index is 2.16. The lowest BCUT2D eigenvalue weighted by atomic mass is 10.2. The maximum absolute atomic E-state index is 12.2. The number of carbonyl (C=O) groups is 1. The van der Waals surface area contributed by atoms with E-state index in [9.17, 15) is 10.1 Å². The smallest absolute Gasteiger partial charge is 0.267 e. The number of carbonyl (C=O) groups excluding carboxylic acids is 1. The molecule has 2 rings (SSSR count). The number of hydrogen-bond acceptors (Lipinski definition) is 5. The number of halogens is 1. The highest BCUT2D eigenvalue weighted by atomic mass is 35.5. The molecule has 0 aliphatic carbocycles. The summed E-state index contributed by atoms with van der Waals surface area (Å²) in [5.74, 6) is -0.595. The van der Waals surface area contributed by atoms with E-state index in [2.05, 4.69) is 10.6 Å². The molecule has 0 aliphatic rings. The molecule has 0 aliphatic heterocycles. The van der Waals surface area contributed by atoms with Gasteiger partial charge in [0.15, 0.2) is 0 Å². The van der Waals surface area contributed by atoms with Crippen LogP contribution in [0, 0.1) is 18.3 Å². The van der Waals surface area contributed by atoms with Crippen molar-refractivity contribution in [3.63, 3.8) is 0 Å². The topological polar surface area (TPSA) is 117 Å². The first-order chi connectivity index (χ1) is 11.4. The first-order valence-corrected chi connectivity index (χ1v) is 7.38. The number of nitrogens with zero attached hydrogens (tertiary/aromatic N) is 1. The van der Waals surface area contributed by atoms with Gasteiger partial charge in [-0.25, -0.2) is 0 Å². The molecule has 0 bridgehead atoms. The summed E-state index contributed by atoms with van der Waals surface area (Å²) in [6, 6.07) is 11.9. The van der Waals surface area contributed by atoms with Gasteiger partial charge in [0.25, 0.3) is 5.91 Å². The maximum atomic E-state index is 12.2. The Kier molecular flexibility index (Phi) is 5.30. The molecule has 0 unspecified atom stereocenters. The number of hydrogen-bond donors (Lipinski definition) is 4. The molecule has 0 heterocycles. The van der Waals surface area contributed by atoms with E-state index >= 15 is 0 Å². The predicted molar refractivity (Wildman–Crippen MR) is 97.4 cm³/mol. The fraction of sp³-hybridized carbons (Fsp3) is 0.0588. The van der Waals surface area contributed by atoms with E-state index in [1.807, 2.05) is 25.1 Å². The molecule has 6 N–H and O–H groups in total. The van der Waals surface area contributed by atoms with E-state index < -0.39 is 5.91 Å². The molecule has 6 nitrogen and oxygen atoms in total. The second-order valence-electron chi connectivity index (χ2n) is 5.10. The lowest BCUT2D eigenvalue weighted by molar-refractivity contribution is -0.112. The quantitative estimate of drug-likeness (QED) is 0.387. The fourth-order valence-electron chi connectivity index (χ4n) is 1.92. The molecular weight excluding hydrogens is 326 g/mol. The van der Waals surface area contributed by atoms with Gasteiger partial charge in [0, 0.05) is 11.9 Å². The summed E-state index contributed by atoms with van der Waals surface area (Å²) in [6.45, 7) is 1.91. The average Bonchev–Trinajstić information content (AvgIpc) is 2.54. The molecule has 0 saturated carbocycles. The van der Waals surface area contributed by atoms with Gasteiger partial charge in [-0.05, 0) is 42.8 Å². The molecule has 0 spiro atoms. The van der Waals surface area contributed by atoms with Crippen molar-refractivity contribution in [3.8, 4) is 6.07 Å². The second-order valence-corrected chi connectivity index (χ2v) is 5.51. The number of nitrogens with one attached hydrogen (secondary N) is 2. The zero-order valence-electron chi connectivity index (χ0n) is 12.9. The molecule has 0 fully saturated rings. The number of aryl methyl sites for hydroxylation is 1. The van der Waals surface area contributed by atoms with Gasteiger partial charge in [0.05, 0.1) is 22.1 Å². The van der Waals surface area contributed by atoms with Crippen LogP contribution < -0.4 is 22.1 Å². The van der Waals surface area contributed by atoms with Crippen molar-refractivity contribution in [1.29, 1.82) is 5.26 Å². The molecule has 0 atom stereocenters. The largest absolute Gasteiger partial charge is 0.399 e. The van der Waals surface area contributed by atoms with Gasteiger partial charge < -0.3 is 22.1 Å². The maximum Gasteiger partial charge on any atom is 0.267 e. The second kappa shape index (κ2) is 7.40. The van der Waals surface area contributed by atoms with Crippen molar-refractivity contribution in [2.45, 2.75) is 6.92 Å². The average molecular weight is 342 g/mol. The van der Waals surface area contributed by atoms with Crippen LogP contribution in [-0.2, 0) is 4.79 Å². The van der Waals surface area contributed by atoms with Crippen LogP contribution in [0.15, 0.2) is 48.2 Å². The van der Waals surface area contributed by atoms with Crippen molar-refractivity contribution in [1.82, 2.24) is 0 Å². The summed E-state index contributed by atoms with van der Waals surface area (Å²) in [4.78, 5) is 12.2. The highest BCUT2D eigenvalue weighted by Gasteiger charge is 2.11. The number of anilines is 4. The van der Waals surface area contributed by atoms with Crippen LogP contribution in [0.4, 0.5) is 22.7 Å². The van der Waals surface area contributed by atoms with Gasteiger partial charge in [-0.15, -0.1) is 0 Å². The van der Waals surface area contributed by atoms with Crippen LogP contribution in [0.5, 0.6) is 0 Å². The third-order valence-electron chi connectivity index (χ3n) is 3.19. The zero-order chi connectivity index (χ0) is 17.7. The van der Waals surface area contributed by atoms with E-state index in [1.54, 1.807) is 18.2 Å². The third kappa shape index (κ3) is 4.18. The van der Waals surface area contributed by atoms with Crippen molar-refractivity contribution in [2.75, 3.05) is 22.1 Å². The predicted octanol–water partition coefficient (Wildman–Crippen LogP) is 3.27. The van der Waals surface area contributed by atoms with Gasteiger partial charge in [0.2, 0.25) is 0 Å². The van der Waals surface area contributed by atoms with E-state index in [4.69, 9.17) is 23.1 Å². The summed E-state index contributed by atoms with van der Waals surface area (Å²) in [6.07, 6.45) is 1.30. The highest BCUT2D eigenvalue weighted by molar-refractivity contribution is 6.34. The summed E-state index contributed by atoms with van der Waals surface area (Å²) < 4.78 is 0. The van der Waals surface area contributed by atoms with Crippen molar-refractivity contribution >= 4 is 40.3 Å². The molecule has 2 aromatic carbocycles. The Morgan fingerprint density at radius 3 is 2.62 bits per heavy atom. The van der Waals surface area contributed by atoms with Crippen LogP contribution >= 0.6 is 11.6 Å². The SMILES string of the molecule is Cc1ccc(N)c(N/C=C(/C#N)C(=O)Nc2ccc(N)cc2Cl)c1. The monoisotopic (exact) mass is 341 g/mol. The van der Waals surface area contributed by atoms with Gasteiger partial charge in [-0.2, -0.15) is 5.26 Å². The normalized spacial score (nSPS) is 10.8. The Labute approximate surface area is 144 Å². The Hall–Kier alpha value is -3.17. The van der Waals surface area contributed by atoms with Crippen LogP contribution in [0.2, 0.25) is 5.02 Å². The standard InChI is InChI=1S/C17H16ClN5O/c1-10-2-4-14(21)16(6-10)22-9-11(8-19)17(24)23-15-5-3-12(20)7-13(15)18/h2-7,9,22H,20-21H2,1H3,(H,23,24)/b11-9-. The summed E-state index contributed by atoms with van der Waals surface area (Å²) >= 11 is 6.00. The summed E-state index contributed by atoms with van der Waals surface area (Å²) in [7, 11) is 0. The summed E-state index contributed by atoms with van der Waals surface area (Å²) in [5, 5.41) is 14.9. The number of nitrogens with two attached hydrogens (primary N) is 2. The lowest BCUT2D eigenvalue weighted by Crippen LogP contribution is -2.15. The van der Waals surface area contributed by atoms with E-state index in [-0.39, 0.29) is 10.6 Å². The van der Waals surface area contributed by atoms with Crippen LogP contribution in [0.25, 0.3) is 0 Å². The minimum atomic E-state index is -0.595. The number of benzene rings is 2. The van der Waals surface area contributed by atoms with E-state index in [0.717, 1.165) is 5.56 Å². The Bertz CT molecular complexity index is 855. The molecule has 24 heavy (non-hydrogen) atoms. The van der Waals surface area contributed by atoms with Crippen molar-refractivity contribution in [2.24, 2.45) is 0 Å². The van der Waals surface area contributed by atoms with Gasteiger partial charge in [-0.1, -0.05) is 17.7 Å². The first kappa shape index (κ1) is 17.2. The molecule has 7 heteroatoms. The fourth-order valence-corrected chi connectivity index (χ4v) is 2.15. The number of rotatable bonds is 4. The Morgan fingerprint density at radius 1 is 1.21 bits per heavy atom. The molecular formula is C17H16ClN5O. The van der Waals surface area contributed by atoms with Crippen molar-refractivity contribution in [3.05, 3.63) is 58.8 Å². The number of nitrogen functional groups attached to an aromatic ring is 2. The first-order valence-electron chi connectivity index (χ1n) is 7.00. The van der Waals surface area contributed by atoms with E-state index in [0.29, 0.717) is 22.7 Å². The number of nitriles is 1. The van der Waals surface area contributed by atoms with E-state index in [1.165, 1.54) is 12.3 Å². The minimum Gasteiger partial charge on any atom is -0.399 e. The molecule has 0 radical (unpaired) electrons. The van der Waals surface area contributed by atoms with Gasteiger partial charge in [0.1, 0.15) is 11.6 Å².